The Kier molecular flexibility index (Phi) is 25.2. The molecule has 0 amide bonds. The van der Waals surface area contributed by atoms with E-state index in [2.05, 4.69) is 46.3 Å². The van der Waals surface area contributed by atoms with Crippen molar-refractivity contribution in [1.29, 1.82) is 0 Å². The molecule has 372 valence electrons. The number of hydrogen-bond acceptors (Lipinski definition) is 12. The summed E-state index contributed by atoms with van der Waals surface area (Å²) >= 11 is 0. The van der Waals surface area contributed by atoms with Crippen molar-refractivity contribution >= 4 is 23.9 Å². The van der Waals surface area contributed by atoms with Gasteiger partial charge in [-0.15, -0.1) is 0 Å². The molecule has 0 aliphatic carbocycles. The second kappa shape index (κ2) is 31.2. The minimum Gasteiger partial charge on any atom is -0.423 e. The number of aromatic nitrogens is 4. The first-order chi connectivity index (χ1) is 34.7. The average molecular weight is 1340 g/mol. The van der Waals surface area contributed by atoms with E-state index in [1.807, 2.05) is 121 Å². The molecular formula is C60H52Ir2N4O8+6. The third kappa shape index (κ3) is 20.0. The van der Waals surface area contributed by atoms with Crippen molar-refractivity contribution in [3.8, 4) is 68.0 Å². The number of rotatable bonds is 12. The topological polar surface area (TPSA) is 157 Å². The van der Waals surface area contributed by atoms with Gasteiger partial charge in [-0.2, -0.15) is 0 Å². The van der Waals surface area contributed by atoms with Crippen LogP contribution in [-0.2, 0) is 59.4 Å². The minimum atomic E-state index is -0.416. The second-order valence-corrected chi connectivity index (χ2v) is 15.6. The molecule has 8 rings (SSSR count). The first kappa shape index (κ1) is 59.9. The molecule has 74 heavy (non-hydrogen) atoms. The van der Waals surface area contributed by atoms with E-state index in [9.17, 15) is 19.2 Å². The summed E-state index contributed by atoms with van der Waals surface area (Å²) in [5, 5.41) is 0. The Hall–Kier alpha value is -8.38. The molecule has 0 aliphatic rings. The number of benzene rings is 4. The Morgan fingerprint density at radius 2 is 0.473 bits per heavy atom. The molecule has 0 saturated heterocycles. The molecule has 4 aromatic carbocycles. The van der Waals surface area contributed by atoms with E-state index in [0.717, 1.165) is 45.0 Å². The van der Waals surface area contributed by atoms with Gasteiger partial charge in [0.05, 0.1) is 22.8 Å². The van der Waals surface area contributed by atoms with Crippen LogP contribution in [0.5, 0.6) is 23.0 Å². The normalized spacial score (nSPS) is 9.57. The molecule has 0 unspecified atom stereocenters. The van der Waals surface area contributed by atoms with Gasteiger partial charge in [-0.05, 0) is 173 Å². The van der Waals surface area contributed by atoms with Gasteiger partial charge in [0.1, 0.15) is 23.0 Å². The van der Waals surface area contributed by atoms with E-state index in [1.165, 1.54) is 0 Å². The van der Waals surface area contributed by atoms with Crippen molar-refractivity contribution in [2.45, 2.75) is 27.7 Å². The molecule has 4 aromatic heterocycles. The molecule has 0 aliphatic heterocycles. The number of pyridine rings is 4. The SMILES string of the molecule is C=C(C)C(=O)Oc1ccc(-c2ccccn2)cc1.C=C(C)C(=O)Oc1ccc(-c2ccccn2)cc1.C=C(C)C(=O)Oc1ccc(-c2ccccn2)cc1.C=C(C)C(=O)Oc1ccc(-c2ccccn2)cc1.[Ir+3].[Ir+3]. The third-order valence-corrected chi connectivity index (χ3v) is 9.50. The van der Waals surface area contributed by atoms with Gasteiger partial charge < -0.3 is 18.9 Å². The number of nitrogens with zero attached hydrogens (tertiary/aromatic N) is 4. The molecule has 8 aromatic rings. The van der Waals surface area contributed by atoms with Crippen LogP contribution in [0.1, 0.15) is 27.7 Å². The number of ether oxygens (including phenoxy) is 4. The van der Waals surface area contributed by atoms with Crippen molar-refractivity contribution in [2.75, 3.05) is 0 Å². The predicted molar refractivity (Wildman–Crippen MR) is 280 cm³/mol. The molecule has 0 atom stereocenters. The van der Waals surface area contributed by atoms with Crippen LogP contribution in [0.4, 0.5) is 0 Å². The maximum Gasteiger partial charge on any atom is 3.00 e. The molecule has 0 spiro atoms. The molecule has 0 radical (unpaired) electrons. The van der Waals surface area contributed by atoms with E-state index in [4.69, 9.17) is 18.9 Å². The number of carbonyl (C=O) groups is 4. The van der Waals surface area contributed by atoms with E-state index < -0.39 is 23.9 Å². The van der Waals surface area contributed by atoms with E-state index >= 15 is 0 Å². The van der Waals surface area contributed by atoms with Gasteiger partial charge in [0, 0.05) is 69.3 Å². The van der Waals surface area contributed by atoms with Gasteiger partial charge in [-0.25, -0.2) is 19.2 Å². The fourth-order valence-electron chi connectivity index (χ4n) is 5.69. The molecule has 0 bridgehead atoms. The smallest absolute Gasteiger partial charge is 0.423 e. The van der Waals surface area contributed by atoms with Crippen LogP contribution in [0.2, 0.25) is 0 Å². The van der Waals surface area contributed by atoms with E-state index in [0.29, 0.717) is 45.3 Å². The molecule has 4 heterocycles. The molecular weight excluding hydrogens is 1290 g/mol. The summed E-state index contributed by atoms with van der Waals surface area (Å²) in [7, 11) is 0. The Bertz CT molecular complexity index is 2680. The van der Waals surface area contributed by atoms with Crippen molar-refractivity contribution in [1.82, 2.24) is 19.9 Å². The van der Waals surface area contributed by atoms with Gasteiger partial charge in [0.15, 0.2) is 0 Å². The maximum atomic E-state index is 11.3. The van der Waals surface area contributed by atoms with Crippen molar-refractivity contribution in [3.05, 3.63) is 243 Å². The van der Waals surface area contributed by atoms with E-state index in [1.54, 1.807) is 101 Å². The summed E-state index contributed by atoms with van der Waals surface area (Å²) in [4.78, 5) is 62.3. The summed E-state index contributed by atoms with van der Waals surface area (Å²) in [6, 6.07) is 51.7. The maximum absolute atomic E-state index is 11.3. The van der Waals surface area contributed by atoms with Crippen molar-refractivity contribution in [3.63, 3.8) is 0 Å². The van der Waals surface area contributed by atoms with Gasteiger partial charge in [-0.3, -0.25) is 19.9 Å². The zero-order chi connectivity index (χ0) is 51.8. The van der Waals surface area contributed by atoms with Crippen LogP contribution in [-0.4, -0.2) is 43.8 Å². The number of carbonyl (C=O) groups excluding carboxylic acids is 4. The number of hydrogen-bond donors (Lipinski definition) is 0. The van der Waals surface area contributed by atoms with Gasteiger partial charge in [-0.1, -0.05) is 50.6 Å². The Labute approximate surface area is 458 Å². The Balaban J connectivity index is 0.000000258. The van der Waals surface area contributed by atoms with Crippen LogP contribution < -0.4 is 18.9 Å². The second-order valence-electron chi connectivity index (χ2n) is 15.6. The molecule has 0 saturated carbocycles. The van der Waals surface area contributed by atoms with Crippen LogP contribution >= 0.6 is 0 Å². The summed E-state index contributed by atoms with van der Waals surface area (Å²) < 4.78 is 20.4. The van der Waals surface area contributed by atoms with Gasteiger partial charge >= 0.3 is 64.1 Å². The molecule has 0 N–H and O–H groups in total. The van der Waals surface area contributed by atoms with Crippen LogP contribution in [0, 0.1) is 0 Å². The summed E-state index contributed by atoms with van der Waals surface area (Å²) in [5.74, 6) is 0.345. The Morgan fingerprint density at radius 1 is 0.297 bits per heavy atom. The zero-order valence-electron chi connectivity index (χ0n) is 41.0. The largest absolute Gasteiger partial charge is 3.00 e. The summed E-state index contributed by atoms with van der Waals surface area (Å²) in [6.45, 7) is 20.6. The Morgan fingerprint density at radius 3 is 0.608 bits per heavy atom. The van der Waals surface area contributed by atoms with Crippen LogP contribution in [0.25, 0.3) is 45.0 Å². The van der Waals surface area contributed by atoms with Gasteiger partial charge in [0.2, 0.25) is 0 Å². The molecule has 0 fully saturated rings. The molecule has 12 nitrogen and oxygen atoms in total. The predicted octanol–water partition coefficient (Wildman–Crippen LogP) is 12.9. The quantitative estimate of drug-likeness (QED) is 0.0649. The first-order valence-electron chi connectivity index (χ1n) is 22.2. The fourth-order valence-corrected chi connectivity index (χ4v) is 5.69. The molecule has 14 heteroatoms. The third-order valence-electron chi connectivity index (χ3n) is 9.50. The van der Waals surface area contributed by atoms with Crippen molar-refractivity contribution < 1.29 is 78.3 Å². The fraction of sp³-hybridized carbons (Fsp3) is 0.0667. The number of esters is 4. The standard InChI is InChI=1S/4C15H13NO2.2Ir/c4*1-11(2)15(17)18-13-8-6-12(7-9-13)14-5-3-4-10-16-14;;/h4*3-10H,1H2,2H3;;/q;;;;2*+3. The van der Waals surface area contributed by atoms with E-state index in [-0.39, 0.29) is 40.2 Å². The average Bonchev–Trinajstić information content (AvgIpc) is 3.41. The zero-order valence-corrected chi connectivity index (χ0v) is 45.8. The first-order valence-corrected chi connectivity index (χ1v) is 22.2. The van der Waals surface area contributed by atoms with Crippen LogP contribution in [0.15, 0.2) is 243 Å². The summed E-state index contributed by atoms with van der Waals surface area (Å²) in [6.07, 6.45) is 6.96. The summed E-state index contributed by atoms with van der Waals surface area (Å²) in [5.41, 5.74) is 8.96. The van der Waals surface area contributed by atoms with Crippen LogP contribution in [0.3, 0.4) is 0 Å². The van der Waals surface area contributed by atoms with Crippen molar-refractivity contribution in [2.24, 2.45) is 0 Å². The monoisotopic (exact) mass is 1340 g/mol. The minimum absolute atomic E-state index is 0. The van der Waals surface area contributed by atoms with Gasteiger partial charge in [0.25, 0.3) is 0 Å².